The molecule has 1 aromatic heterocycles. The Balaban J connectivity index is 1.52. The van der Waals surface area contributed by atoms with Crippen LogP contribution >= 0.6 is 11.8 Å². The standard InChI is InChI=1S/C25H23FN4O3S/c1-17-3-5-19(6-4-17)16-33-23-13-7-20(8-14-23)24(15-29(31)32)34-25-28-27-18(2)30(25)22-11-9-21(26)10-12-22/h3-14,24H,15-16H2,1-2H3/t24-/m0/s1. The summed E-state index contributed by atoms with van der Waals surface area (Å²) in [5.41, 5.74) is 3.71. The van der Waals surface area contributed by atoms with E-state index in [4.69, 9.17) is 4.74 Å². The molecule has 0 saturated heterocycles. The quantitative estimate of drug-likeness (QED) is 0.174. The van der Waals surface area contributed by atoms with Crippen LogP contribution in [0.4, 0.5) is 4.39 Å². The lowest BCUT2D eigenvalue weighted by molar-refractivity contribution is -0.479. The van der Waals surface area contributed by atoms with E-state index in [9.17, 15) is 14.5 Å². The Bertz CT molecular complexity index is 1260. The van der Waals surface area contributed by atoms with Crippen LogP contribution in [-0.2, 0) is 6.61 Å². The Kier molecular flexibility index (Phi) is 7.22. The van der Waals surface area contributed by atoms with Crippen molar-refractivity contribution < 1.29 is 14.1 Å². The van der Waals surface area contributed by atoms with Crippen molar-refractivity contribution in [2.75, 3.05) is 6.54 Å². The fourth-order valence-electron chi connectivity index (χ4n) is 3.41. The maximum absolute atomic E-state index is 13.4. The van der Waals surface area contributed by atoms with Crippen molar-refractivity contribution in [2.45, 2.75) is 30.9 Å². The molecule has 0 N–H and O–H groups in total. The summed E-state index contributed by atoms with van der Waals surface area (Å²) in [7, 11) is 0. The van der Waals surface area contributed by atoms with E-state index in [-0.39, 0.29) is 17.3 Å². The molecule has 7 nitrogen and oxygen atoms in total. The monoisotopic (exact) mass is 478 g/mol. The second-order valence-corrected chi connectivity index (χ2v) is 8.98. The van der Waals surface area contributed by atoms with Gasteiger partial charge in [-0.2, -0.15) is 0 Å². The summed E-state index contributed by atoms with van der Waals surface area (Å²) < 4.78 is 21.0. The van der Waals surface area contributed by atoms with E-state index in [0.717, 1.165) is 11.1 Å². The fourth-order valence-corrected chi connectivity index (χ4v) is 4.58. The van der Waals surface area contributed by atoms with Gasteiger partial charge in [0.1, 0.15) is 29.2 Å². The third kappa shape index (κ3) is 5.79. The first-order chi connectivity index (χ1) is 16.4. The second kappa shape index (κ2) is 10.5. The van der Waals surface area contributed by atoms with Crippen molar-refractivity contribution in [3.05, 3.63) is 111 Å². The molecule has 0 aliphatic heterocycles. The molecule has 0 aliphatic rings. The van der Waals surface area contributed by atoms with E-state index >= 15 is 0 Å². The van der Waals surface area contributed by atoms with Crippen molar-refractivity contribution >= 4 is 11.8 Å². The highest BCUT2D eigenvalue weighted by atomic mass is 32.2. The number of aromatic nitrogens is 3. The van der Waals surface area contributed by atoms with E-state index in [1.165, 1.54) is 29.5 Å². The number of halogens is 1. The van der Waals surface area contributed by atoms with Crippen LogP contribution in [-0.4, -0.2) is 26.2 Å². The number of aryl methyl sites for hydroxylation is 2. The molecule has 1 atom stereocenters. The predicted molar refractivity (Wildman–Crippen MR) is 128 cm³/mol. The third-order valence-electron chi connectivity index (χ3n) is 5.22. The summed E-state index contributed by atoms with van der Waals surface area (Å²) in [6, 6.07) is 21.4. The van der Waals surface area contributed by atoms with Gasteiger partial charge in [0.25, 0.3) is 0 Å². The maximum atomic E-state index is 13.4. The average Bonchev–Trinajstić information content (AvgIpc) is 3.19. The zero-order chi connectivity index (χ0) is 24.1. The van der Waals surface area contributed by atoms with Crippen LogP contribution in [0.1, 0.15) is 27.8 Å². The molecule has 0 bridgehead atoms. The van der Waals surface area contributed by atoms with Gasteiger partial charge in [0, 0.05) is 10.6 Å². The Morgan fingerprint density at radius 2 is 1.68 bits per heavy atom. The molecule has 0 unspecified atom stereocenters. The van der Waals surface area contributed by atoms with Crippen molar-refractivity contribution in [1.29, 1.82) is 0 Å². The summed E-state index contributed by atoms with van der Waals surface area (Å²) in [4.78, 5) is 11.1. The molecular weight excluding hydrogens is 455 g/mol. The molecule has 34 heavy (non-hydrogen) atoms. The van der Waals surface area contributed by atoms with Crippen molar-refractivity contribution in [1.82, 2.24) is 14.8 Å². The number of hydrogen-bond acceptors (Lipinski definition) is 6. The molecule has 0 fully saturated rings. The lowest BCUT2D eigenvalue weighted by atomic mass is 10.1. The Labute approximate surface area is 200 Å². The molecule has 1 heterocycles. The first kappa shape index (κ1) is 23.4. The van der Waals surface area contributed by atoms with E-state index < -0.39 is 5.25 Å². The van der Waals surface area contributed by atoms with Crippen LogP contribution < -0.4 is 4.74 Å². The van der Waals surface area contributed by atoms with E-state index in [1.807, 2.05) is 55.5 Å². The molecule has 4 aromatic rings. The zero-order valence-corrected chi connectivity index (χ0v) is 19.5. The zero-order valence-electron chi connectivity index (χ0n) is 18.7. The van der Waals surface area contributed by atoms with Gasteiger partial charge in [-0.15, -0.1) is 10.2 Å². The van der Waals surface area contributed by atoms with Gasteiger partial charge in [-0.1, -0.05) is 53.7 Å². The van der Waals surface area contributed by atoms with Crippen molar-refractivity contribution in [3.8, 4) is 11.4 Å². The van der Waals surface area contributed by atoms with E-state index in [2.05, 4.69) is 10.2 Å². The van der Waals surface area contributed by atoms with E-state index in [1.54, 1.807) is 23.6 Å². The number of rotatable bonds is 9. The smallest absolute Gasteiger partial charge is 0.220 e. The normalized spacial score (nSPS) is 11.9. The van der Waals surface area contributed by atoms with Crippen molar-refractivity contribution in [3.63, 3.8) is 0 Å². The highest BCUT2D eigenvalue weighted by Crippen LogP contribution is 2.36. The lowest BCUT2D eigenvalue weighted by Crippen LogP contribution is -2.11. The summed E-state index contributed by atoms with van der Waals surface area (Å²) in [6.07, 6.45) is 0. The second-order valence-electron chi connectivity index (χ2n) is 7.81. The van der Waals surface area contributed by atoms with Gasteiger partial charge in [-0.3, -0.25) is 14.7 Å². The number of nitro groups is 1. The summed E-state index contributed by atoms with van der Waals surface area (Å²) in [6.45, 7) is 3.96. The molecule has 3 aromatic carbocycles. The molecule has 0 aliphatic carbocycles. The largest absolute Gasteiger partial charge is 0.489 e. The van der Waals surface area contributed by atoms with Gasteiger partial charge < -0.3 is 4.74 Å². The highest BCUT2D eigenvalue weighted by molar-refractivity contribution is 7.99. The van der Waals surface area contributed by atoms with Crippen LogP contribution in [0.15, 0.2) is 78.0 Å². The van der Waals surface area contributed by atoms with Gasteiger partial charge >= 0.3 is 0 Å². The molecule has 0 amide bonds. The summed E-state index contributed by atoms with van der Waals surface area (Å²) >= 11 is 1.25. The minimum Gasteiger partial charge on any atom is -0.489 e. The number of ether oxygens (including phenoxy) is 1. The first-order valence-electron chi connectivity index (χ1n) is 10.6. The van der Waals surface area contributed by atoms with Crippen LogP contribution in [0.2, 0.25) is 0 Å². The topological polar surface area (TPSA) is 83.1 Å². The maximum Gasteiger partial charge on any atom is 0.220 e. The van der Waals surface area contributed by atoms with Gasteiger partial charge in [0.15, 0.2) is 5.16 Å². The predicted octanol–water partition coefficient (Wildman–Crippen LogP) is 5.71. The number of benzene rings is 3. The number of hydrogen-bond donors (Lipinski definition) is 0. The van der Waals surface area contributed by atoms with Crippen molar-refractivity contribution in [2.24, 2.45) is 0 Å². The molecule has 4 rings (SSSR count). The van der Waals surface area contributed by atoms with Crippen LogP contribution in [0, 0.1) is 29.8 Å². The average molecular weight is 479 g/mol. The highest BCUT2D eigenvalue weighted by Gasteiger charge is 2.24. The van der Waals surface area contributed by atoms with Gasteiger partial charge in [-0.05, 0) is 61.4 Å². The Morgan fingerprint density at radius 1 is 1.00 bits per heavy atom. The molecule has 0 saturated carbocycles. The van der Waals surface area contributed by atoms with Crippen LogP contribution in [0.3, 0.4) is 0 Å². The third-order valence-corrected chi connectivity index (χ3v) is 6.40. The minimum absolute atomic E-state index is 0.288. The molecule has 174 valence electrons. The van der Waals surface area contributed by atoms with Crippen LogP contribution in [0.5, 0.6) is 5.75 Å². The van der Waals surface area contributed by atoms with Gasteiger partial charge in [0.2, 0.25) is 6.54 Å². The minimum atomic E-state index is -0.496. The van der Waals surface area contributed by atoms with Crippen LogP contribution in [0.25, 0.3) is 5.69 Å². The van der Waals surface area contributed by atoms with E-state index in [0.29, 0.717) is 29.0 Å². The van der Waals surface area contributed by atoms with Gasteiger partial charge in [0.05, 0.1) is 0 Å². The molecule has 9 heteroatoms. The summed E-state index contributed by atoms with van der Waals surface area (Å²) in [5, 5.41) is 19.7. The molecule has 0 spiro atoms. The lowest BCUT2D eigenvalue weighted by Gasteiger charge is -2.15. The first-order valence-corrected chi connectivity index (χ1v) is 11.5. The number of nitrogens with zero attached hydrogens (tertiary/aromatic N) is 4. The summed E-state index contributed by atoms with van der Waals surface area (Å²) in [5.74, 6) is 0.938. The Hall–Kier alpha value is -3.72. The Morgan fingerprint density at radius 3 is 2.32 bits per heavy atom. The molecule has 0 radical (unpaired) electrons. The SMILES string of the molecule is Cc1ccc(COc2ccc([C@H](C[N+](=O)[O-])Sc3nnc(C)n3-c3ccc(F)cc3)cc2)cc1. The number of thioether (sulfide) groups is 1. The van der Waals surface area contributed by atoms with Gasteiger partial charge in [-0.25, -0.2) is 4.39 Å². The fraction of sp³-hybridized carbons (Fsp3) is 0.200. The molecular formula is C25H23FN4O3S.